The highest BCUT2D eigenvalue weighted by Crippen LogP contribution is 2.37. The Morgan fingerprint density at radius 1 is 1.24 bits per heavy atom. The van der Waals surface area contributed by atoms with Gasteiger partial charge in [-0.3, -0.25) is 4.79 Å². The number of benzene rings is 1. The Kier molecular flexibility index (Phi) is 6.05. The van der Waals surface area contributed by atoms with E-state index in [2.05, 4.69) is 5.32 Å². The zero-order chi connectivity index (χ0) is 21.3. The number of hydrogen-bond acceptors (Lipinski definition) is 5. The van der Waals surface area contributed by atoms with Gasteiger partial charge in [-0.05, 0) is 70.4 Å². The highest BCUT2D eigenvalue weighted by atomic mass is 32.2. The monoisotopic (exact) mass is 420 g/mol. The summed E-state index contributed by atoms with van der Waals surface area (Å²) in [6.07, 6.45) is 0.896. The van der Waals surface area contributed by atoms with E-state index in [9.17, 15) is 13.2 Å². The lowest BCUT2D eigenvalue weighted by molar-refractivity contribution is -0.124. The van der Waals surface area contributed by atoms with Crippen LogP contribution in [0.3, 0.4) is 0 Å². The lowest BCUT2D eigenvalue weighted by Gasteiger charge is -2.19. The van der Waals surface area contributed by atoms with Crippen molar-refractivity contribution in [1.82, 2.24) is 4.57 Å². The number of ether oxygens (including phenoxy) is 2. The predicted molar refractivity (Wildman–Crippen MR) is 110 cm³/mol. The number of methoxy groups -OCH3 is 1. The van der Waals surface area contributed by atoms with Gasteiger partial charge in [0.15, 0.2) is 0 Å². The Hall–Kier alpha value is -2.32. The van der Waals surface area contributed by atoms with E-state index in [4.69, 9.17) is 9.47 Å². The molecule has 0 bridgehead atoms. The van der Waals surface area contributed by atoms with Crippen LogP contribution in [0.25, 0.3) is 0 Å². The average Bonchev–Trinajstić information content (AvgIpc) is 3.29. The second kappa shape index (κ2) is 8.20. The SMILES string of the molecule is COc1ccc(S(=O)(=O)c2c(C)c(C)n(C(C)C)c2NC(=O)[C@@H]2CCCO2)cc1. The number of nitrogens with one attached hydrogen (secondary N) is 1. The van der Waals surface area contributed by atoms with E-state index < -0.39 is 15.9 Å². The fourth-order valence-electron chi connectivity index (χ4n) is 3.75. The normalized spacial score (nSPS) is 17.0. The zero-order valence-corrected chi connectivity index (χ0v) is 18.3. The third-order valence-electron chi connectivity index (χ3n) is 5.32. The van der Waals surface area contributed by atoms with Crippen molar-refractivity contribution in [2.24, 2.45) is 0 Å². The zero-order valence-electron chi connectivity index (χ0n) is 17.5. The molecule has 2 aromatic rings. The predicted octanol–water partition coefficient (Wildman–Crippen LogP) is 3.64. The Balaban J connectivity index is 2.13. The molecular weight excluding hydrogens is 392 g/mol. The van der Waals surface area contributed by atoms with Crippen LogP contribution in [0.4, 0.5) is 5.82 Å². The fourth-order valence-corrected chi connectivity index (χ4v) is 5.43. The van der Waals surface area contributed by atoms with Gasteiger partial charge >= 0.3 is 0 Å². The van der Waals surface area contributed by atoms with Crippen molar-refractivity contribution in [3.8, 4) is 5.75 Å². The summed E-state index contributed by atoms with van der Waals surface area (Å²) in [5, 5.41) is 2.86. The number of carbonyl (C=O) groups is 1. The number of carbonyl (C=O) groups excluding carboxylic acids is 1. The standard InChI is InChI=1S/C21H28N2O5S/c1-13(2)23-15(4)14(3)19(20(23)22-21(24)18-7-6-12-28-18)29(25,26)17-10-8-16(27-5)9-11-17/h8-11,13,18H,6-7,12H2,1-5H3,(H,22,24)/t18-/m0/s1. The van der Waals surface area contributed by atoms with Crippen molar-refractivity contribution >= 4 is 21.6 Å². The Bertz CT molecular complexity index is 1000. The Labute approximate surface area is 171 Å². The van der Waals surface area contributed by atoms with Gasteiger partial charge in [-0.25, -0.2) is 8.42 Å². The number of anilines is 1. The van der Waals surface area contributed by atoms with Gasteiger partial charge in [0.1, 0.15) is 22.6 Å². The topological polar surface area (TPSA) is 86.6 Å². The second-order valence-corrected chi connectivity index (χ2v) is 9.41. The highest BCUT2D eigenvalue weighted by molar-refractivity contribution is 7.91. The van der Waals surface area contributed by atoms with Crippen LogP contribution in [0.1, 0.15) is 44.0 Å². The van der Waals surface area contributed by atoms with Gasteiger partial charge in [-0.15, -0.1) is 0 Å². The number of nitrogens with zero attached hydrogens (tertiary/aromatic N) is 1. The summed E-state index contributed by atoms with van der Waals surface area (Å²) in [4.78, 5) is 13.0. The van der Waals surface area contributed by atoms with E-state index in [1.165, 1.54) is 19.2 Å². The Morgan fingerprint density at radius 3 is 2.41 bits per heavy atom. The molecule has 0 radical (unpaired) electrons. The maximum absolute atomic E-state index is 13.5. The first-order valence-electron chi connectivity index (χ1n) is 9.71. The van der Waals surface area contributed by atoms with E-state index >= 15 is 0 Å². The largest absolute Gasteiger partial charge is 0.497 e. The van der Waals surface area contributed by atoms with E-state index in [0.717, 1.165) is 12.1 Å². The lowest BCUT2D eigenvalue weighted by atomic mass is 10.2. The number of hydrogen-bond donors (Lipinski definition) is 1. The molecule has 1 atom stereocenters. The summed E-state index contributed by atoms with van der Waals surface area (Å²) >= 11 is 0. The molecule has 1 saturated heterocycles. The molecule has 0 unspecified atom stereocenters. The van der Waals surface area contributed by atoms with Crippen LogP contribution in [0.5, 0.6) is 5.75 Å². The van der Waals surface area contributed by atoms with Gasteiger partial charge in [-0.1, -0.05) is 0 Å². The van der Waals surface area contributed by atoms with E-state index in [1.807, 2.05) is 25.3 Å². The first kappa shape index (κ1) is 21.4. The van der Waals surface area contributed by atoms with E-state index in [1.54, 1.807) is 19.1 Å². The van der Waals surface area contributed by atoms with Crippen LogP contribution in [-0.2, 0) is 19.4 Å². The minimum Gasteiger partial charge on any atom is -0.497 e. The molecule has 1 aromatic heterocycles. The smallest absolute Gasteiger partial charge is 0.254 e. The summed E-state index contributed by atoms with van der Waals surface area (Å²) in [5.41, 5.74) is 1.42. The maximum atomic E-state index is 13.5. The van der Waals surface area contributed by atoms with Crippen LogP contribution in [0.2, 0.25) is 0 Å². The van der Waals surface area contributed by atoms with Crippen LogP contribution in [0.15, 0.2) is 34.1 Å². The van der Waals surface area contributed by atoms with Crippen molar-refractivity contribution in [1.29, 1.82) is 0 Å². The molecule has 8 heteroatoms. The molecule has 158 valence electrons. The maximum Gasteiger partial charge on any atom is 0.254 e. The molecule has 0 saturated carbocycles. The third-order valence-corrected chi connectivity index (χ3v) is 7.25. The number of rotatable bonds is 6. The summed E-state index contributed by atoms with van der Waals surface area (Å²) in [6.45, 7) is 8.09. The van der Waals surface area contributed by atoms with Crippen molar-refractivity contribution in [2.45, 2.75) is 62.5 Å². The third kappa shape index (κ3) is 3.91. The van der Waals surface area contributed by atoms with E-state index in [-0.39, 0.29) is 21.7 Å². The van der Waals surface area contributed by atoms with Gasteiger partial charge in [-0.2, -0.15) is 0 Å². The molecule has 1 aliphatic heterocycles. The van der Waals surface area contributed by atoms with Crippen LogP contribution < -0.4 is 10.1 Å². The fraction of sp³-hybridized carbons (Fsp3) is 0.476. The molecule has 1 aromatic carbocycles. The summed E-state index contributed by atoms with van der Waals surface area (Å²) in [7, 11) is -2.34. The molecule has 0 aliphatic carbocycles. The number of sulfone groups is 1. The molecule has 1 amide bonds. The molecule has 1 N–H and O–H groups in total. The van der Waals surface area contributed by atoms with Crippen molar-refractivity contribution in [3.63, 3.8) is 0 Å². The van der Waals surface area contributed by atoms with Crippen molar-refractivity contribution in [3.05, 3.63) is 35.5 Å². The molecule has 2 heterocycles. The molecule has 1 fully saturated rings. The molecule has 3 rings (SSSR count). The van der Waals surface area contributed by atoms with Gasteiger partial charge in [0, 0.05) is 18.3 Å². The molecule has 7 nitrogen and oxygen atoms in total. The van der Waals surface area contributed by atoms with Crippen molar-refractivity contribution < 1.29 is 22.7 Å². The first-order valence-corrected chi connectivity index (χ1v) is 11.2. The molecule has 29 heavy (non-hydrogen) atoms. The summed E-state index contributed by atoms with van der Waals surface area (Å²) < 4.78 is 39.5. The van der Waals surface area contributed by atoms with Crippen LogP contribution in [-0.4, -0.2) is 38.7 Å². The van der Waals surface area contributed by atoms with Crippen LogP contribution >= 0.6 is 0 Å². The second-order valence-electron chi connectivity index (χ2n) is 7.52. The number of aromatic nitrogens is 1. The van der Waals surface area contributed by atoms with Gasteiger partial charge < -0.3 is 19.4 Å². The summed E-state index contributed by atoms with van der Waals surface area (Å²) in [6, 6.07) is 6.22. The average molecular weight is 421 g/mol. The van der Waals surface area contributed by atoms with Crippen LogP contribution in [0, 0.1) is 13.8 Å². The van der Waals surface area contributed by atoms with E-state index in [0.29, 0.717) is 30.2 Å². The van der Waals surface area contributed by atoms with Gasteiger partial charge in [0.25, 0.3) is 5.91 Å². The highest BCUT2D eigenvalue weighted by Gasteiger charge is 2.33. The number of amides is 1. The quantitative estimate of drug-likeness (QED) is 0.771. The van der Waals surface area contributed by atoms with Crippen molar-refractivity contribution in [2.75, 3.05) is 19.0 Å². The van der Waals surface area contributed by atoms with Gasteiger partial charge in [0.05, 0.1) is 12.0 Å². The minimum atomic E-state index is -3.86. The molecule has 1 aliphatic rings. The first-order chi connectivity index (χ1) is 13.7. The Morgan fingerprint density at radius 2 is 1.90 bits per heavy atom. The minimum absolute atomic E-state index is 0.0340. The molecule has 0 spiro atoms. The summed E-state index contributed by atoms with van der Waals surface area (Å²) in [5.74, 6) is 0.558. The van der Waals surface area contributed by atoms with Gasteiger partial charge in [0.2, 0.25) is 9.84 Å². The lowest BCUT2D eigenvalue weighted by Crippen LogP contribution is -2.29. The molecular formula is C21H28N2O5S.